The molecule has 2 aromatic heterocycles. The second kappa shape index (κ2) is 6.07. The summed E-state index contributed by atoms with van der Waals surface area (Å²) in [7, 11) is 3.11. The molecule has 0 aromatic carbocycles. The molecule has 7 nitrogen and oxygen atoms in total. The highest BCUT2D eigenvalue weighted by Gasteiger charge is 2.20. The monoisotopic (exact) mass is 261 g/mol. The van der Waals surface area contributed by atoms with Crippen LogP contribution in [0.25, 0.3) is 0 Å². The number of hydrazine groups is 1. The largest absolute Gasteiger partial charge is 0.495 e. The highest BCUT2D eigenvalue weighted by Crippen LogP contribution is 2.26. The second-order valence-corrected chi connectivity index (χ2v) is 3.69. The molecule has 0 aliphatic heterocycles. The predicted octanol–water partition coefficient (Wildman–Crippen LogP) is 0.441. The van der Waals surface area contributed by atoms with Crippen molar-refractivity contribution in [2.45, 2.75) is 6.04 Å². The van der Waals surface area contributed by atoms with Gasteiger partial charge in [-0.25, -0.2) is 5.43 Å². The van der Waals surface area contributed by atoms with E-state index in [1.807, 2.05) is 6.07 Å². The van der Waals surface area contributed by atoms with E-state index in [0.717, 1.165) is 0 Å². The summed E-state index contributed by atoms with van der Waals surface area (Å²) >= 11 is 0. The Morgan fingerprint density at radius 2 is 2.00 bits per heavy atom. The van der Waals surface area contributed by atoms with E-state index in [1.165, 1.54) is 7.11 Å². The van der Waals surface area contributed by atoms with Gasteiger partial charge >= 0.3 is 0 Å². The average molecular weight is 261 g/mol. The molecule has 0 aliphatic rings. The summed E-state index contributed by atoms with van der Waals surface area (Å²) in [5.41, 5.74) is 3.93. The fourth-order valence-corrected chi connectivity index (χ4v) is 1.69. The summed E-state index contributed by atoms with van der Waals surface area (Å²) in [5.74, 6) is 6.65. The van der Waals surface area contributed by atoms with Gasteiger partial charge in [-0.15, -0.1) is 10.2 Å². The van der Waals surface area contributed by atoms with Crippen LogP contribution in [0.2, 0.25) is 0 Å². The molecule has 2 aromatic rings. The number of rotatable bonds is 5. The van der Waals surface area contributed by atoms with Gasteiger partial charge < -0.3 is 9.47 Å². The van der Waals surface area contributed by atoms with Gasteiger partial charge in [0, 0.05) is 12.3 Å². The minimum Gasteiger partial charge on any atom is -0.495 e. The van der Waals surface area contributed by atoms with Gasteiger partial charge in [0.15, 0.2) is 0 Å². The molecule has 0 fully saturated rings. The summed E-state index contributed by atoms with van der Waals surface area (Å²) in [5, 5.41) is 7.97. The van der Waals surface area contributed by atoms with Crippen molar-refractivity contribution >= 4 is 0 Å². The first kappa shape index (κ1) is 13.2. The maximum Gasteiger partial charge on any atom is 0.233 e. The van der Waals surface area contributed by atoms with Gasteiger partial charge in [-0.05, 0) is 18.2 Å². The SMILES string of the molecule is COc1ccc(C(NN)c2ncccc2OC)nn1. The Balaban J connectivity index is 2.37. The third kappa shape index (κ3) is 2.78. The molecule has 19 heavy (non-hydrogen) atoms. The quantitative estimate of drug-likeness (QED) is 0.595. The minimum absolute atomic E-state index is 0.408. The van der Waals surface area contributed by atoms with Crippen LogP contribution in [-0.4, -0.2) is 29.4 Å². The molecule has 0 saturated heterocycles. The van der Waals surface area contributed by atoms with Gasteiger partial charge in [0.2, 0.25) is 5.88 Å². The van der Waals surface area contributed by atoms with Crippen LogP contribution in [0.5, 0.6) is 11.6 Å². The molecule has 100 valence electrons. The zero-order valence-corrected chi connectivity index (χ0v) is 10.7. The van der Waals surface area contributed by atoms with Crippen LogP contribution in [0.3, 0.4) is 0 Å². The van der Waals surface area contributed by atoms with Crippen molar-refractivity contribution < 1.29 is 9.47 Å². The fourth-order valence-electron chi connectivity index (χ4n) is 1.69. The number of ether oxygens (including phenoxy) is 2. The van der Waals surface area contributed by atoms with Crippen LogP contribution in [0.4, 0.5) is 0 Å². The summed E-state index contributed by atoms with van der Waals surface area (Å²) in [6, 6.07) is 6.67. The lowest BCUT2D eigenvalue weighted by Crippen LogP contribution is -2.30. The first-order valence-corrected chi connectivity index (χ1v) is 5.62. The number of methoxy groups -OCH3 is 2. The maximum absolute atomic E-state index is 5.59. The summed E-state index contributed by atoms with van der Waals surface area (Å²) in [6.07, 6.45) is 1.67. The Bertz CT molecular complexity index is 532. The lowest BCUT2D eigenvalue weighted by Gasteiger charge is -2.16. The van der Waals surface area contributed by atoms with E-state index in [4.69, 9.17) is 15.3 Å². The molecule has 7 heteroatoms. The van der Waals surface area contributed by atoms with Gasteiger partial charge in [-0.2, -0.15) is 0 Å². The molecular formula is C12H15N5O2. The van der Waals surface area contributed by atoms with E-state index >= 15 is 0 Å². The molecule has 0 spiro atoms. The number of nitrogens with zero attached hydrogens (tertiary/aromatic N) is 3. The van der Waals surface area contributed by atoms with E-state index in [-0.39, 0.29) is 0 Å². The maximum atomic E-state index is 5.59. The Labute approximate surface area is 110 Å². The van der Waals surface area contributed by atoms with Gasteiger partial charge in [-0.1, -0.05) is 0 Å². The van der Waals surface area contributed by atoms with E-state index in [1.54, 1.807) is 31.5 Å². The van der Waals surface area contributed by atoms with Gasteiger partial charge in [0.25, 0.3) is 0 Å². The first-order chi connectivity index (χ1) is 9.30. The van der Waals surface area contributed by atoms with Gasteiger partial charge in [-0.3, -0.25) is 10.8 Å². The van der Waals surface area contributed by atoms with E-state index in [9.17, 15) is 0 Å². The molecule has 0 amide bonds. The third-order valence-corrected chi connectivity index (χ3v) is 2.63. The van der Waals surface area contributed by atoms with Crippen molar-refractivity contribution in [3.63, 3.8) is 0 Å². The van der Waals surface area contributed by atoms with Crippen LogP contribution in [0.1, 0.15) is 17.4 Å². The summed E-state index contributed by atoms with van der Waals surface area (Å²) in [4.78, 5) is 4.27. The Morgan fingerprint density at radius 1 is 1.16 bits per heavy atom. The van der Waals surface area contributed by atoms with Crippen molar-refractivity contribution in [2.75, 3.05) is 14.2 Å². The van der Waals surface area contributed by atoms with Crippen LogP contribution < -0.4 is 20.7 Å². The Kier molecular flexibility index (Phi) is 4.22. The molecule has 0 radical (unpaired) electrons. The summed E-state index contributed by atoms with van der Waals surface area (Å²) in [6.45, 7) is 0. The molecule has 0 bridgehead atoms. The number of hydrogen-bond donors (Lipinski definition) is 2. The van der Waals surface area contributed by atoms with Crippen LogP contribution in [0, 0.1) is 0 Å². The number of hydrogen-bond acceptors (Lipinski definition) is 7. The number of nitrogens with two attached hydrogens (primary N) is 1. The smallest absolute Gasteiger partial charge is 0.233 e. The molecule has 3 N–H and O–H groups in total. The van der Waals surface area contributed by atoms with Crippen molar-refractivity contribution in [3.8, 4) is 11.6 Å². The standard InChI is InChI=1S/C12H15N5O2/c1-18-9-4-3-7-14-12(9)11(15-13)8-5-6-10(19-2)17-16-8/h3-7,11,15H,13H2,1-2H3. The van der Waals surface area contributed by atoms with Crippen LogP contribution >= 0.6 is 0 Å². The topological polar surface area (TPSA) is 95.2 Å². The lowest BCUT2D eigenvalue weighted by atomic mass is 10.1. The second-order valence-electron chi connectivity index (χ2n) is 3.69. The highest BCUT2D eigenvalue weighted by molar-refractivity contribution is 5.34. The highest BCUT2D eigenvalue weighted by atomic mass is 16.5. The van der Waals surface area contributed by atoms with Gasteiger partial charge in [0.1, 0.15) is 17.5 Å². The number of nitrogens with one attached hydrogen (secondary N) is 1. The third-order valence-electron chi connectivity index (χ3n) is 2.63. The lowest BCUT2D eigenvalue weighted by molar-refractivity contribution is 0.388. The fraction of sp³-hybridized carbons (Fsp3) is 0.250. The first-order valence-electron chi connectivity index (χ1n) is 5.62. The zero-order chi connectivity index (χ0) is 13.7. The van der Waals surface area contributed by atoms with Crippen LogP contribution in [-0.2, 0) is 0 Å². The molecule has 1 atom stereocenters. The van der Waals surface area contributed by atoms with E-state index in [2.05, 4.69) is 20.6 Å². The summed E-state index contributed by atoms with van der Waals surface area (Å²) < 4.78 is 10.2. The van der Waals surface area contributed by atoms with Crippen molar-refractivity contribution in [1.82, 2.24) is 20.6 Å². The molecule has 1 unspecified atom stereocenters. The van der Waals surface area contributed by atoms with Crippen molar-refractivity contribution in [3.05, 3.63) is 41.9 Å². The molecular weight excluding hydrogens is 246 g/mol. The van der Waals surface area contributed by atoms with E-state index in [0.29, 0.717) is 23.0 Å². The van der Waals surface area contributed by atoms with Gasteiger partial charge in [0.05, 0.1) is 19.9 Å². The van der Waals surface area contributed by atoms with Crippen molar-refractivity contribution in [1.29, 1.82) is 0 Å². The number of aromatic nitrogens is 3. The molecule has 2 rings (SSSR count). The molecule has 2 heterocycles. The van der Waals surface area contributed by atoms with Crippen molar-refractivity contribution in [2.24, 2.45) is 5.84 Å². The minimum atomic E-state index is -0.408. The normalized spacial score (nSPS) is 11.9. The predicted molar refractivity (Wildman–Crippen MR) is 68.5 cm³/mol. The van der Waals surface area contributed by atoms with Crippen LogP contribution in [0.15, 0.2) is 30.5 Å². The zero-order valence-electron chi connectivity index (χ0n) is 10.7. The average Bonchev–Trinajstić information content (AvgIpc) is 2.49. The Morgan fingerprint density at radius 3 is 2.58 bits per heavy atom. The number of pyridine rings is 1. The molecule has 0 aliphatic carbocycles. The Hall–Kier alpha value is -2.25. The molecule has 0 saturated carbocycles. The van der Waals surface area contributed by atoms with E-state index < -0.39 is 6.04 Å².